The van der Waals surface area contributed by atoms with Crippen molar-refractivity contribution in [2.45, 2.75) is 38.8 Å². The van der Waals surface area contributed by atoms with Crippen molar-refractivity contribution in [2.24, 2.45) is 5.41 Å². The zero-order valence-electron chi connectivity index (χ0n) is 29.0. The fraction of sp³-hybridized carbons (Fsp3) is 0.195. The summed E-state index contributed by atoms with van der Waals surface area (Å²) >= 11 is 6.63. The van der Waals surface area contributed by atoms with Crippen LogP contribution in [0, 0.1) is 11.2 Å². The van der Waals surface area contributed by atoms with Gasteiger partial charge in [-0.15, -0.1) is 0 Å². The van der Waals surface area contributed by atoms with Crippen LogP contribution in [0.4, 0.5) is 10.2 Å². The minimum atomic E-state index is -1.04. The normalized spacial score (nSPS) is 12.5. The summed E-state index contributed by atoms with van der Waals surface area (Å²) in [6.45, 7) is 5.83. The monoisotopic (exact) mass is 714 g/mol. The topological polar surface area (TPSA) is 108 Å². The molecule has 1 unspecified atom stereocenters. The van der Waals surface area contributed by atoms with Crippen molar-refractivity contribution >= 4 is 34.4 Å². The van der Waals surface area contributed by atoms with Crippen LogP contribution >= 0.6 is 11.6 Å². The number of anilines is 1. The van der Waals surface area contributed by atoms with E-state index < -0.39 is 28.8 Å². The van der Waals surface area contributed by atoms with Crippen LogP contribution in [0.2, 0.25) is 5.02 Å². The molecule has 1 atom stereocenters. The van der Waals surface area contributed by atoms with E-state index in [1.54, 1.807) is 24.4 Å². The molecule has 0 fully saturated rings. The van der Waals surface area contributed by atoms with E-state index in [2.05, 4.69) is 41.7 Å². The number of furan rings is 1. The lowest BCUT2D eigenvalue weighted by atomic mass is 9.77. The molecule has 1 N–H and O–H groups in total. The average molecular weight is 715 g/mol. The Morgan fingerprint density at radius 3 is 2.00 bits per heavy atom. The minimum Gasteiger partial charge on any atom is -0.469 e. The van der Waals surface area contributed by atoms with Crippen LogP contribution in [-0.2, 0) is 15.1 Å². The predicted octanol–water partition coefficient (Wildman–Crippen LogP) is 9.17. The molecule has 0 radical (unpaired) electrons. The van der Waals surface area contributed by atoms with Gasteiger partial charge < -0.3 is 14.5 Å². The van der Waals surface area contributed by atoms with Crippen molar-refractivity contribution in [3.05, 3.63) is 149 Å². The summed E-state index contributed by atoms with van der Waals surface area (Å²) in [6, 6.07) is 34.7. The number of carbonyl (C=O) groups is 1. The fourth-order valence-corrected chi connectivity index (χ4v) is 6.65. The largest absolute Gasteiger partial charge is 0.469 e. The Kier molecular flexibility index (Phi) is 9.33. The molecule has 11 heteroatoms. The average Bonchev–Trinajstić information content (AvgIpc) is 3.83. The van der Waals surface area contributed by atoms with Crippen molar-refractivity contribution < 1.29 is 18.3 Å². The number of carbonyl (C=O) groups excluding carboxylic acids is 1. The Bertz CT molecular complexity index is 2230. The van der Waals surface area contributed by atoms with Gasteiger partial charge in [-0.05, 0) is 40.3 Å². The van der Waals surface area contributed by atoms with E-state index in [1.165, 1.54) is 13.4 Å². The van der Waals surface area contributed by atoms with E-state index in [0.717, 1.165) is 16.7 Å². The van der Waals surface area contributed by atoms with E-state index in [9.17, 15) is 4.79 Å². The molecule has 262 valence electrons. The second-order valence-corrected chi connectivity index (χ2v) is 13.9. The lowest BCUT2D eigenvalue weighted by molar-refractivity contribution is -0.141. The third-order valence-electron chi connectivity index (χ3n) is 9.15. The van der Waals surface area contributed by atoms with E-state index in [4.69, 9.17) is 40.8 Å². The number of benzene rings is 3. The van der Waals surface area contributed by atoms with Crippen LogP contribution in [-0.4, -0.2) is 43.9 Å². The highest BCUT2D eigenvalue weighted by Gasteiger charge is 2.42. The standard InChI is InChI=1S/C41H36ClFN6O3/c1-40(2,3)32(24-33(50)51-4)45-37-34(43)36(31-21-14-22-52-31)46-38(47-37)35-30-23-29(42)25-44-39(30)49(48-35)41(26-15-8-5-9-16-26,27-17-10-6-11-18-27)28-19-12-7-13-20-28/h5-23,25,32H,24H2,1-4H3,(H,45,46,47). The van der Waals surface area contributed by atoms with Crippen LogP contribution in [0.3, 0.4) is 0 Å². The molecule has 3 aromatic carbocycles. The zero-order valence-corrected chi connectivity index (χ0v) is 29.8. The lowest BCUT2D eigenvalue weighted by Crippen LogP contribution is -2.38. The van der Waals surface area contributed by atoms with Gasteiger partial charge in [0.05, 0.1) is 30.2 Å². The highest BCUT2D eigenvalue weighted by atomic mass is 35.5. The molecule has 0 saturated heterocycles. The number of hydrogen-bond donors (Lipinski definition) is 1. The Hall–Kier alpha value is -5.87. The summed E-state index contributed by atoms with van der Waals surface area (Å²) in [4.78, 5) is 26.8. The first-order chi connectivity index (χ1) is 25.1. The Labute approximate surface area is 305 Å². The van der Waals surface area contributed by atoms with E-state index in [-0.39, 0.29) is 29.5 Å². The van der Waals surface area contributed by atoms with Gasteiger partial charge in [0.1, 0.15) is 16.9 Å². The van der Waals surface area contributed by atoms with E-state index in [1.807, 2.05) is 80.1 Å². The molecule has 0 aliphatic carbocycles. The molecule has 7 rings (SSSR count). The summed E-state index contributed by atoms with van der Waals surface area (Å²) in [5.41, 5.74) is 1.97. The van der Waals surface area contributed by atoms with Gasteiger partial charge in [0, 0.05) is 12.2 Å². The maximum atomic E-state index is 16.5. The number of pyridine rings is 1. The maximum absolute atomic E-state index is 16.5. The Morgan fingerprint density at radius 2 is 1.48 bits per heavy atom. The highest BCUT2D eigenvalue weighted by molar-refractivity contribution is 6.31. The smallest absolute Gasteiger partial charge is 0.307 e. The van der Waals surface area contributed by atoms with Crippen molar-refractivity contribution in [3.8, 4) is 23.0 Å². The number of ether oxygens (including phenoxy) is 1. The SMILES string of the molecule is COC(=O)CC(Nc1nc(-c2nn(C(c3ccccc3)(c3ccccc3)c3ccccc3)c3ncc(Cl)cc23)nc(-c2ccco2)c1F)C(C)(C)C. The van der Waals surface area contributed by atoms with Gasteiger partial charge >= 0.3 is 5.97 Å². The molecule has 9 nitrogen and oxygen atoms in total. The number of esters is 1. The number of hydrogen-bond acceptors (Lipinski definition) is 8. The number of fused-ring (bicyclic) bond motifs is 1. The number of nitrogens with zero attached hydrogens (tertiary/aromatic N) is 5. The van der Waals surface area contributed by atoms with Gasteiger partial charge in [-0.25, -0.2) is 24.0 Å². The number of aromatic nitrogens is 5. The first-order valence-corrected chi connectivity index (χ1v) is 17.2. The zero-order chi connectivity index (χ0) is 36.5. The number of methoxy groups -OCH3 is 1. The van der Waals surface area contributed by atoms with Gasteiger partial charge in [0.15, 0.2) is 28.9 Å². The van der Waals surface area contributed by atoms with E-state index >= 15 is 4.39 Å². The van der Waals surface area contributed by atoms with Crippen LogP contribution < -0.4 is 5.32 Å². The molecule has 7 aromatic rings. The summed E-state index contributed by atoms with van der Waals surface area (Å²) in [5.74, 6) is -1.03. The fourth-order valence-electron chi connectivity index (χ4n) is 6.49. The lowest BCUT2D eigenvalue weighted by Gasteiger charge is -2.36. The van der Waals surface area contributed by atoms with Crippen molar-refractivity contribution in [2.75, 3.05) is 12.4 Å². The second kappa shape index (κ2) is 14.0. The molecular formula is C41H36ClFN6O3. The second-order valence-electron chi connectivity index (χ2n) is 13.5. The molecular weight excluding hydrogens is 679 g/mol. The summed E-state index contributed by atoms with van der Waals surface area (Å²) in [5, 5.41) is 9.41. The van der Waals surface area contributed by atoms with Crippen LogP contribution in [0.5, 0.6) is 0 Å². The minimum absolute atomic E-state index is 0.0281. The summed E-state index contributed by atoms with van der Waals surface area (Å²) < 4.78 is 29.0. The predicted molar refractivity (Wildman–Crippen MR) is 199 cm³/mol. The molecule has 4 aromatic heterocycles. The van der Waals surface area contributed by atoms with Crippen LogP contribution in [0.25, 0.3) is 34.0 Å². The first kappa shape index (κ1) is 34.6. The Morgan fingerprint density at radius 1 is 0.885 bits per heavy atom. The molecule has 0 saturated carbocycles. The van der Waals surface area contributed by atoms with Gasteiger partial charge in [0.25, 0.3) is 0 Å². The van der Waals surface area contributed by atoms with Gasteiger partial charge in [-0.3, -0.25) is 4.79 Å². The van der Waals surface area contributed by atoms with E-state index in [0.29, 0.717) is 21.7 Å². The summed E-state index contributed by atoms with van der Waals surface area (Å²) in [7, 11) is 1.32. The molecule has 0 aliphatic rings. The molecule has 0 amide bonds. The van der Waals surface area contributed by atoms with Crippen molar-refractivity contribution in [1.29, 1.82) is 0 Å². The molecule has 52 heavy (non-hydrogen) atoms. The third-order valence-corrected chi connectivity index (χ3v) is 9.36. The van der Waals surface area contributed by atoms with Gasteiger partial charge in [-0.2, -0.15) is 5.10 Å². The van der Waals surface area contributed by atoms with Gasteiger partial charge in [0.2, 0.25) is 0 Å². The third kappa shape index (κ3) is 6.30. The van der Waals surface area contributed by atoms with Crippen LogP contribution in [0.1, 0.15) is 43.9 Å². The molecule has 0 aliphatic heterocycles. The maximum Gasteiger partial charge on any atom is 0.307 e. The molecule has 4 heterocycles. The quantitative estimate of drug-likeness (QED) is 0.110. The number of nitrogens with one attached hydrogen (secondary N) is 1. The van der Waals surface area contributed by atoms with Crippen LogP contribution in [0.15, 0.2) is 126 Å². The summed E-state index contributed by atoms with van der Waals surface area (Å²) in [6.07, 6.45) is 2.99. The number of rotatable bonds is 10. The first-order valence-electron chi connectivity index (χ1n) is 16.8. The molecule has 0 spiro atoms. The van der Waals surface area contributed by atoms with Crippen molar-refractivity contribution in [3.63, 3.8) is 0 Å². The highest BCUT2D eigenvalue weighted by Crippen LogP contribution is 2.44. The Balaban J connectivity index is 1.54. The molecule has 0 bridgehead atoms. The van der Waals surface area contributed by atoms with Gasteiger partial charge in [-0.1, -0.05) is 123 Å². The van der Waals surface area contributed by atoms with Crippen molar-refractivity contribution in [1.82, 2.24) is 24.7 Å². The number of halogens is 2.